The molecular formula is C14H15F2N3O. The number of nitrogens with zero attached hydrogens (tertiary/aromatic N) is 2. The number of nitrogens with one attached hydrogen (secondary N) is 1. The van der Waals surface area contributed by atoms with Crippen LogP contribution in [0.25, 0.3) is 11.5 Å². The maximum absolute atomic E-state index is 13.1. The monoisotopic (exact) mass is 279 g/mol. The number of halogens is 2. The summed E-state index contributed by atoms with van der Waals surface area (Å²) < 4.78 is 31.4. The first-order valence-corrected chi connectivity index (χ1v) is 6.73. The molecule has 20 heavy (non-hydrogen) atoms. The van der Waals surface area contributed by atoms with Crippen molar-refractivity contribution in [2.45, 2.75) is 31.7 Å². The van der Waals surface area contributed by atoms with E-state index in [1.54, 1.807) is 0 Å². The summed E-state index contributed by atoms with van der Waals surface area (Å²) in [6.07, 6.45) is 4.12. The average Bonchev–Trinajstić information content (AvgIpc) is 3.15. The Morgan fingerprint density at radius 2 is 2.05 bits per heavy atom. The van der Waals surface area contributed by atoms with Gasteiger partial charge in [-0.15, -0.1) is 10.2 Å². The van der Waals surface area contributed by atoms with Crippen molar-refractivity contribution in [1.82, 2.24) is 15.5 Å². The fourth-order valence-corrected chi connectivity index (χ4v) is 1.93. The fraction of sp³-hybridized carbons (Fsp3) is 0.429. The van der Waals surface area contributed by atoms with Crippen LogP contribution in [0.3, 0.4) is 0 Å². The molecule has 0 radical (unpaired) electrons. The van der Waals surface area contributed by atoms with Crippen molar-refractivity contribution < 1.29 is 13.2 Å². The molecule has 0 atom stereocenters. The van der Waals surface area contributed by atoms with Crippen LogP contribution in [0.2, 0.25) is 0 Å². The first-order valence-electron chi connectivity index (χ1n) is 6.73. The van der Waals surface area contributed by atoms with Crippen LogP contribution in [0.4, 0.5) is 8.78 Å². The largest absolute Gasteiger partial charge is 0.421 e. The number of benzene rings is 1. The number of aromatic nitrogens is 2. The van der Waals surface area contributed by atoms with Crippen LogP contribution in [0.15, 0.2) is 22.6 Å². The Hall–Kier alpha value is -1.82. The molecule has 1 saturated carbocycles. The summed E-state index contributed by atoms with van der Waals surface area (Å²) >= 11 is 0. The van der Waals surface area contributed by atoms with Crippen LogP contribution in [0.5, 0.6) is 0 Å². The van der Waals surface area contributed by atoms with Gasteiger partial charge in [0.1, 0.15) is 0 Å². The van der Waals surface area contributed by atoms with Gasteiger partial charge in [0.05, 0.1) is 0 Å². The molecule has 106 valence electrons. The summed E-state index contributed by atoms with van der Waals surface area (Å²) in [4.78, 5) is 0. The van der Waals surface area contributed by atoms with Gasteiger partial charge in [-0.1, -0.05) is 0 Å². The van der Waals surface area contributed by atoms with E-state index in [1.807, 2.05) is 0 Å². The zero-order valence-corrected chi connectivity index (χ0v) is 10.9. The molecule has 4 nitrogen and oxygen atoms in total. The van der Waals surface area contributed by atoms with E-state index in [0.29, 0.717) is 23.9 Å². The highest BCUT2D eigenvalue weighted by molar-refractivity contribution is 5.52. The van der Waals surface area contributed by atoms with Gasteiger partial charge in [0.25, 0.3) is 0 Å². The quantitative estimate of drug-likeness (QED) is 0.826. The molecule has 1 aromatic carbocycles. The summed E-state index contributed by atoms with van der Waals surface area (Å²) in [6.45, 7) is 0.924. The third-order valence-corrected chi connectivity index (χ3v) is 3.21. The molecule has 1 aromatic heterocycles. The minimum atomic E-state index is -0.920. The average molecular weight is 279 g/mol. The van der Waals surface area contributed by atoms with Crippen LogP contribution < -0.4 is 5.32 Å². The molecule has 2 aromatic rings. The summed E-state index contributed by atoms with van der Waals surface area (Å²) in [6, 6.07) is 4.22. The van der Waals surface area contributed by atoms with E-state index < -0.39 is 11.6 Å². The van der Waals surface area contributed by atoms with Gasteiger partial charge in [-0.05, 0) is 44.0 Å². The summed E-state index contributed by atoms with van der Waals surface area (Å²) in [5.74, 6) is -1.08. The van der Waals surface area contributed by atoms with E-state index in [1.165, 1.54) is 18.9 Å². The highest BCUT2D eigenvalue weighted by Crippen LogP contribution is 2.21. The van der Waals surface area contributed by atoms with E-state index in [2.05, 4.69) is 15.5 Å². The van der Waals surface area contributed by atoms with Crippen molar-refractivity contribution >= 4 is 0 Å². The molecule has 1 N–H and O–H groups in total. The summed E-state index contributed by atoms with van der Waals surface area (Å²) in [5, 5.41) is 11.2. The van der Waals surface area contributed by atoms with Gasteiger partial charge in [-0.3, -0.25) is 0 Å². The van der Waals surface area contributed by atoms with Crippen molar-refractivity contribution in [3.8, 4) is 11.5 Å². The summed E-state index contributed by atoms with van der Waals surface area (Å²) in [5.41, 5.74) is 0.388. The van der Waals surface area contributed by atoms with Gasteiger partial charge in [0.15, 0.2) is 11.6 Å². The standard InChI is InChI=1S/C14H15F2N3O/c15-11-6-3-9(8-12(11)16)14-19-18-13(20-14)2-1-7-17-10-4-5-10/h3,6,8,10,17H,1-2,4-5,7H2. The lowest BCUT2D eigenvalue weighted by Gasteiger charge is -1.99. The van der Waals surface area contributed by atoms with Crippen LogP contribution in [0, 0.1) is 11.6 Å². The predicted octanol–water partition coefficient (Wildman–Crippen LogP) is 2.70. The molecule has 0 aliphatic heterocycles. The SMILES string of the molecule is Fc1ccc(-c2nnc(CCCNC3CC3)o2)cc1F. The molecule has 0 saturated heterocycles. The zero-order valence-electron chi connectivity index (χ0n) is 10.9. The van der Waals surface area contributed by atoms with E-state index in [9.17, 15) is 8.78 Å². The van der Waals surface area contributed by atoms with Crippen LogP contribution >= 0.6 is 0 Å². The van der Waals surface area contributed by atoms with E-state index in [-0.39, 0.29) is 5.89 Å². The van der Waals surface area contributed by atoms with Crippen molar-refractivity contribution in [3.63, 3.8) is 0 Å². The van der Waals surface area contributed by atoms with Crippen molar-refractivity contribution in [3.05, 3.63) is 35.7 Å². The first kappa shape index (κ1) is 13.2. The molecule has 0 unspecified atom stereocenters. The molecule has 1 heterocycles. The Balaban J connectivity index is 1.58. The van der Waals surface area contributed by atoms with Gasteiger partial charge >= 0.3 is 0 Å². The predicted molar refractivity (Wildman–Crippen MR) is 69.0 cm³/mol. The zero-order chi connectivity index (χ0) is 13.9. The second-order valence-electron chi connectivity index (χ2n) is 4.96. The Labute approximate surface area is 115 Å². The molecule has 1 aliphatic rings. The highest BCUT2D eigenvalue weighted by Gasteiger charge is 2.19. The van der Waals surface area contributed by atoms with Gasteiger partial charge in [0, 0.05) is 18.0 Å². The maximum atomic E-state index is 13.1. The Kier molecular flexibility index (Phi) is 3.73. The number of hydrogen-bond donors (Lipinski definition) is 1. The second-order valence-corrected chi connectivity index (χ2v) is 4.96. The smallest absolute Gasteiger partial charge is 0.247 e. The third kappa shape index (κ3) is 3.19. The summed E-state index contributed by atoms with van der Waals surface area (Å²) in [7, 11) is 0. The van der Waals surface area contributed by atoms with Gasteiger partial charge in [-0.2, -0.15) is 0 Å². The van der Waals surface area contributed by atoms with Gasteiger partial charge < -0.3 is 9.73 Å². The Morgan fingerprint density at radius 3 is 2.80 bits per heavy atom. The van der Waals surface area contributed by atoms with E-state index in [4.69, 9.17) is 4.42 Å². The van der Waals surface area contributed by atoms with Gasteiger partial charge in [-0.25, -0.2) is 8.78 Å². The highest BCUT2D eigenvalue weighted by atomic mass is 19.2. The third-order valence-electron chi connectivity index (χ3n) is 3.21. The molecule has 6 heteroatoms. The topological polar surface area (TPSA) is 51.0 Å². The minimum absolute atomic E-state index is 0.217. The van der Waals surface area contributed by atoms with Crippen molar-refractivity contribution in [2.24, 2.45) is 0 Å². The first-order chi connectivity index (χ1) is 9.72. The van der Waals surface area contributed by atoms with Crippen LogP contribution in [-0.4, -0.2) is 22.8 Å². The van der Waals surface area contributed by atoms with E-state index in [0.717, 1.165) is 25.1 Å². The molecule has 0 amide bonds. The lowest BCUT2D eigenvalue weighted by atomic mass is 10.2. The minimum Gasteiger partial charge on any atom is -0.421 e. The van der Waals surface area contributed by atoms with Gasteiger partial charge in [0.2, 0.25) is 11.8 Å². The molecule has 0 spiro atoms. The Bertz CT molecular complexity index is 596. The maximum Gasteiger partial charge on any atom is 0.247 e. The Morgan fingerprint density at radius 1 is 1.20 bits per heavy atom. The van der Waals surface area contributed by atoms with Crippen LogP contribution in [-0.2, 0) is 6.42 Å². The lowest BCUT2D eigenvalue weighted by Crippen LogP contribution is -2.17. The number of rotatable bonds is 6. The molecule has 3 rings (SSSR count). The number of hydrogen-bond acceptors (Lipinski definition) is 4. The van der Waals surface area contributed by atoms with Crippen molar-refractivity contribution in [1.29, 1.82) is 0 Å². The number of aryl methyl sites for hydroxylation is 1. The second kappa shape index (κ2) is 5.66. The van der Waals surface area contributed by atoms with Crippen LogP contribution in [0.1, 0.15) is 25.2 Å². The van der Waals surface area contributed by atoms with E-state index >= 15 is 0 Å². The molecule has 0 bridgehead atoms. The van der Waals surface area contributed by atoms with Crippen molar-refractivity contribution in [2.75, 3.05) is 6.54 Å². The molecular weight excluding hydrogens is 264 g/mol. The normalized spacial score (nSPS) is 14.7. The molecule has 1 aliphatic carbocycles. The molecule has 1 fully saturated rings. The fourth-order valence-electron chi connectivity index (χ4n) is 1.93. The lowest BCUT2D eigenvalue weighted by molar-refractivity contribution is 0.488.